The number of nitrogens with one attached hydrogen (secondary N) is 1. The maximum Gasteiger partial charge on any atom is 0.257 e. The second kappa shape index (κ2) is 9.25. The van der Waals surface area contributed by atoms with Crippen molar-refractivity contribution in [3.63, 3.8) is 0 Å². The number of carbonyl (C=O) groups is 1. The van der Waals surface area contributed by atoms with Crippen LogP contribution in [0.5, 0.6) is 0 Å². The Kier molecular flexibility index (Phi) is 6.47. The van der Waals surface area contributed by atoms with Gasteiger partial charge in [-0.25, -0.2) is 8.42 Å². The van der Waals surface area contributed by atoms with Crippen molar-refractivity contribution in [3.8, 4) is 0 Å². The number of hydrogen-bond donors (Lipinski definition) is 1. The fourth-order valence-electron chi connectivity index (χ4n) is 3.07. The van der Waals surface area contributed by atoms with Gasteiger partial charge in [-0.15, -0.1) is 22.0 Å². The summed E-state index contributed by atoms with van der Waals surface area (Å²) in [7, 11) is -3.57. The molecule has 0 radical (unpaired) electrons. The van der Waals surface area contributed by atoms with Crippen LogP contribution in [0.3, 0.4) is 0 Å². The molecule has 2 heterocycles. The molecule has 1 amide bonds. The topological polar surface area (TPSA) is 92.3 Å². The SMILES string of the molecule is O=C(Nc1nnc(CSc2ccccc2)s1)c1cccc(S(=O)(=O)N2CCCC2)c1. The number of rotatable bonds is 7. The molecule has 0 spiro atoms. The van der Waals surface area contributed by atoms with Crippen LogP contribution in [0.4, 0.5) is 5.13 Å². The summed E-state index contributed by atoms with van der Waals surface area (Å²) < 4.78 is 26.9. The van der Waals surface area contributed by atoms with Gasteiger partial charge in [0.2, 0.25) is 15.2 Å². The Hall–Kier alpha value is -2.27. The monoisotopic (exact) mass is 460 g/mol. The predicted molar refractivity (Wildman–Crippen MR) is 118 cm³/mol. The number of anilines is 1. The molecule has 2 aromatic carbocycles. The first-order valence-corrected chi connectivity index (χ1v) is 12.7. The van der Waals surface area contributed by atoms with Gasteiger partial charge < -0.3 is 0 Å². The molecule has 10 heteroatoms. The van der Waals surface area contributed by atoms with E-state index in [2.05, 4.69) is 15.5 Å². The molecular formula is C20H20N4O3S3. The third kappa shape index (κ3) is 4.89. The molecule has 0 saturated carbocycles. The predicted octanol–water partition coefficient (Wildman–Crippen LogP) is 3.87. The number of carbonyl (C=O) groups excluding carboxylic acids is 1. The maximum absolute atomic E-state index is 12.7. The van der Waals surface area contributed by atoms with Gasteiger partial charge in [-0.2, -0.15) is 4.31 Å². The van der Waals surface area contributed by atoms with Crippen molar-refractivity contribution < 1.29 is 13.2 Å². The van der Waals surface area contributed by atoms with E-state index in [1.807, 2.05) is 30.3 Å². The van der Waals surface area contributed by atoms with Crippen LogP contribution in [-0.4, -0.2) is 41.9 Å². The van der Waals surface area contributed by atoms with E-state index in [9.17, 15) is 13.2 Å². The van der Waals surface area contributed by atoms with Crippen LogP contribution in [0.2, 0.25) is 0 Å². The van der Waals surface area contributed by atoms with Crippen LogP contribution in [0.1, 0.15) is 28.2 Å². The number of amides is 1. The zero-order chi connectivity index (χ0) is 21.0. The number of thioether (sulfide) groups is 1. The van der Waals surface area contributed by atoms with Gasteiger partial charge in [0.15, 0.2) is 0 Å². The van der Waals surface area contributed by atoms with E-state index < -0.39 is 15.9 Å². The van der Waals surface area contributed by atoms with Crippen LogP contribution in [-0.2, 0) is 15.8 Å². The lowest BCUT2D eigenvalue weighted by Gasteiger charge is -2.15. The van der Waals surface area contributed by atoms with E-state index in [0.29, 0.717) is 24.0 Å². The molecule has 1 saturated heterocycles. The van der Waals surface area contributed by atoms with Crippen LogP contribution in [0.15, 0.2) is 64.4 Å². The molecule has 3 aromatic rings. The molecule has 156 valence electrons. The summed E-state index contributed by atoms with van der Waals surface area (Å²) in [5.41, 5.74) is 0.269. The first kappa shape index (κ1) is 21.0. The summed E-state index contributed by atoms with van der Waals surface area (Å²) in [4.78, 5) is 13.9. The summed E-state index contributed by atoms with van der Waals surface area (Å²) in [6.45, 7) is 1.04. The Labute approximate surface area is 183 Å². The van der Waals surface area contributed by atoms with E-state index in [1.165, 1.54) is 27.8 Å². The third-order valence-electron chi connectivity index (χ3n) is 4.59. The van der Waals surface area contributed by atoms with Gasteiger partial charge in [0, 0.05) is 23.5 Å². The largest absolute Gasteiger partial charge is 0.296 e. The minimum absolute atomic E-state index is 0.134. The zero-order valence-electron chi connectivity index (χ0n) is 16.0. The number of hydrogen-bond acceptors (Lipinski definition) is 7. The van der Waals surface area contributed by atoms with Gasteiger partial charge in [0.25, 0.3) is 5.91 Å². The van der Waals surface area contributed by atoms with Crippen molar-refractivity contribution in [1.29, 1.82) is 0 Å². The number of sulfonamides is 1. The van der Waals surface area contributed by atoms with Crippen molar-refractivity contribution in [3.05, 3.63) is 65.2 Å². The molecule has 7 nitrogen and oxygen atoms in total. The van der Waals surface area contributed by atoms with Crippen molar-refractivity contribution in [2.24, 2.45) is 0 Å². The lowest BCUT2D eigenvalue weighted by Crippen LogP contribution is -2.28. The summed E-state index contributed by atoms with van der Waals surface area (Å²) in [5, 5.41) is 12.0. The van der Waals surface area contributed by atoms with E-state index in [-0.39, 0.29) is 10.5 Å². The Morgan fingerprint density at radius 2 is 1.83 bits per heavy atom. The minimum atomic E-state index is -3.57. The fourth-order valence-corrected chi connectivity index (χ4v) is 6.27. The van der Waals surface area contributed by atoms with Crippen molar-refractivity contribution in [2.45, 2.75) is 28.4 Å². The third-order valence-corrected chi connectivity index (χ3v) is 8.53. The van der Waals surface area contributed by atoms with Crippen LogP contribution >= 0.6 is 23.1 Å². The highest BCUT2D eigenvalue weighted by molar-refractivity contribution is 7.98. The molecule has 0 unspecified atom stereocenters. The van der Waals surface area contributed by atoms with Crippen molar-refractivity contribution in [2.75, 3.05) is 18.4 Å². The summed E-state index contributed by atoms with van der Waals surface area (Å²) in [5.74, 6) is 0.244. The lowest BCUT2D eigenvalue weighted by atomic mass is 10.2. The van der Waals surface area contributed by atoms with E-state index in [0.717, 1.165) is 22.7 Å². The molecule has 0 bridgehead atoms. The number of nitrogens with zero attached hydrogens (tertiary/aromatic N) is 3. The molecule has 1 N–H and O–H groups in total. The standard InChI is InChI=1S/C20H20N4O3S3/c25-19(15-7-6-10-17(13-15)30(26,27)24-11-4-5-12-24)21-20-23-22-18(29-20)14-28-16-8-2-1-3-9-16/h1-3,6-10,13H,4-5,11-12,14H2,(H,21,23,25). The van der Waals surface area contributed by atoms with Gasteiger partial charge in [0.1, 0.15) is 5.01 Å². The molecule has 0 aliphatic carbocycles. The average Bonchev–Trinajstić information content (AvgIpc) is 3.46. The quantitative estimate of drug-likeness (QED) is 0.538. The van der Waals surface area contributed by atoms with Crippen LogP contribution in [0.25, 0.3) is 0 Å². The fraction of sp³-hybridized carbons (Fsp3) is 0.250. The van der Waals surface area contributed by atoms with Gasteiger partial charge in [0.05, 0.1) is 10.6 Å². The molecule has 0 atom stereocenters. The summed E-state index contributed by atoms with van der Waals surface area (Å²) >= 11 is 2.95. The second-order valence-corrected chi connectivity index (χ2v) is 10.7. The summed E-state index contributed by atoms with van der Waals surface area (Å²) in [6, 6.07) is 16.1. The van der Waals surface area contributed by atoms with Crippen molar-refractivity contribution >= 4 is 44.2 Å². The Morgan fingerprint density at radius 1 is 1.07 bits per heavy atom. The molecular weight excluding hydrogens is 440 g/mol. The molecule has 1 aromatic heterocycles. The first-order valence-electron chi connectivity index (χ1n) is 9.44. The van der Waals surface area contributed by atoms with Gasteiger partial charge in [-0.05, 0) is 43.2 Å². The highest BCUT2D eigenvalue weighted by Crippen LogP contribution is 2.26. The van der Waals surface area contributed by atoms with Crippen molar-refractivity contribution in [1.82, 2.24) is 14.5 Å². The Balaban J connectivity index is 1.41. The molecule has 1 fully saturated rings. The Morgan fingerprint density at radius 3 is 2.60 bits per heavy atom. The summed E-state index contributed by atoms with van der Waals surface area (Å²) in [6.07, 6.45) is 1.72. The Bertz CT molecular complexity index is 1130. The molecule has 30 heavy (non-hydrogen) atoms. The molecule has 4 rings (SSSR count). The zero-order valence-corrected chi connectivity index (χ0v) is 18.5. The van der Waals surface area contributed by atoms with Crippen LogP contribution < -0.4 is 5.32 Å². The number of benzene rings is 2. The van der Waals surface area contributed by atoms with Gasteiger partial charge >= 0.3 is 0 Å². The first-order chi connectivity index (χ1) is 14.5. The molecule has 1 aliphatic rings. The van der Waals surface area contributed by atoms with Gasteiger partial charge in [-0.1, -0.05) is 35.6 Å². The van der Waals surface area contributed by atoms with E-state index >= 15 is 0 Å². The average molecular weight is 461 g/mol. The minimum Gasteiger partial charge on any atom is -0.296 e. The van der Waals surface area contributed by atoms with E-state index in [1.54, 1.807) is 23.9 Å². The highest BCUT2D eigenvalue weighted by atomic mass is 32.2. The maximum atomic E-state index is 12.7. The number of aromatic nitrogens is 2. The second-order valence-electron chi connectivity index (χ2n) is 6.70. The smallest absolute Gasteiger partial charge is 0.257 e. The highest BCUT2D eigenvalue weighted by Gasteiger charge is 2.27. The normalized spacial score (nSPS) is 14.7. The van der Waals surface area contributed by atoms with E-state index in [4.69, 9.17) is 0 Å². The lowest BCUT2D eigenvalue weighted by molar-refractivity contribution is 0.102. The van der Waals surface area contributed by atoms with Gasteiger partial charge in [-0.3, -0.25) is 10.1 Å². The van der Waals surface area contributed by atoms with Crippen LogP contribution in [0, 0.1) is 0 Å². The molecule has 1 aliphatic heterocycles.